The normalized spacial score (nSPS) is 10.2. The molecule has 0 unspecified atom stereocenters. The van der Waals surface area contributed by atoms with Crippen LogP contribution in [-0.2, 0) is 4.79 Å². The summed E-state index contributed by atoms with van der Waals surface area (Å²) in [6.07, 6.45) is 0.123. The van der Waals surface area contributed by atoms with E-state index in [0.717, 1.165) is 12.1 Å². The van der Waals surface area contributed by atoms with Crippen LogP contribution in [0.15, 0.2) is 18.2 Å². The molecule has 0 aromatic heterocycles. The Bertz CT molecular complexity index is 493. The fourth-order valence-corrected chi connectivity index (χ4v) is 1.44. The van der Waals surface area contributed by atoms with Gasteiger partial charge in [-0.3, -0.25) is 4.79 Å². The molecule has 5 nitrogen and oxygen atoms in total. The smallest absolute Gasteiger partial charge is 0.319 e. The number of rotatable bonds is 5. The van der Waals surface area contributed by atoms with Crippen LogP contribution >= 0.6 is 0 Å². The third-order valence-electron chi connectivity index (χ3n) is 2.27. The summed E-state index contributed by atoms with van der Waals surface area (Å²) < 4.78 is 25.9. The summed E-state index contributed by atoms with van der Waals surface area (Å²) in [7, 11) is 0. The SMILES string of the molecule is CC(C)NC(=O)CCNC(=O)Nc1ccc(F)cc1F. The van der Waals surface area contributed by atoms with Gasteiger partial charge in [-0.15, -0.1) is 0 Å². The fraction of sp³-hybridized carbons (Fsp3) is 0.385. The number of nitrogens with one attached hydrogen (secondary N) is 3. The molecule has 3 N–H and O–H groups in total. The number of hydrogen-bond acceptors (Lipinski definition) is 2. The number of halogens is 2. The van der Waals surface area contributed by atoms with E-state index < -0.39 is 17.7 Å². The van der Waals surface area contributed by atoms with Crippen molar-refractivity contribution in [3.8, 4) is 0 Å². The van der Waals surface area contributed by atoms with Crippen LogP contribution in [0.3, 0.4) is 0 Å². The van der Waals surface area contributed by atoms with Crippen molar-refractivity contribution in [3.05, 3.63) is 29.8 Å². The average Bonchev–Trinajstić information content (AvgIpc) is 2.31. The van der Waals surface area contributed by atoms with Crippen molar-refractivity contribution in [1.29, 1.82) is 0 Å². The molecule has 3 amide bonds. The molecule has 0 saturated carbocycles. The molecule has 0 radical (unpaired) electrons. The zero-order valence-corrected chi connectivity index (χ0v) is 11.3. The minimum absolute atomic E-state index is 0.0321. The van der Waals surface area contributed by atoms with Crippen molar-refractivity contribution in [1.82, 2.24) is 10.6 Å². The summed E-state index contributed by atoms with van der Waals surface area (Å²) in [6.45, 7) is 3.78. The van der Waals surface area contributed by atoms with Crippen molar-refractivity contribution in [2.24, 2.45) is 0 Å². The molecular formula is C13H17F2N3O2. The van der Waals surface area contributed by atoms with Crippen molar-refractivity contribution < 1.29 is 18.4 Å². The molecule has 1 aromatic carbocycles. The minimum atomic E-state index is -0.863. The molecule has 0 aliphatic carbocycles. The first kappa shape index (κ1) is 15.9. The average molecular weight is 285 g/mol. The highest BCUT2D eigenvalue weighted by Gasteiger charge is 2.08. The summed E-state index contributed by atoms with van der Waals surface area (Å²) >= 11 is 0. The molecule has 0 fully saturated rings. The Kier molecular flexibility index (Phi) is 5.89. The Morgan fingerprint density at radius 3 is 2.55 bits per heavy atom. The van der Waals surface area contributed by atoms with E-state index in [-0.39, 0.29) is 30.6 Å². The van der Waals surface area contributed by atoms with E-state index in [1.807, 2.05) is 13.8 Å². The van der Waals surface area contributed by atoms with Crippen LogP contribution in [0.2, 0.25) is 0 Å². The maximum absolute atomic E-state index is 13.3. The van der Waals surface area contributed by atoms with Gasteiger partial charge in [0.25, 0.3) is 0 Å². The lowest BCUT2D eigenvalue weighted by Crippen LogP contribution is -2.35. The number of benzene rings is 1. The van der Waals surface area contributed by atoms with E-state index in [2.05, 4.69) is 16.0 Å². The highest BCUT2D eigenvalue weighted by atomic mass is 19.1. The lowest BCUT2D eigenvalue weighted by molar-refractivity contribution is -0.121. The molecule has 0 bridgehead atoms. The first-order valence-electron chi connectivity index (χ1n) is 6.17. The summed E-state index contributed by atoms with van der Waals surface area (Å²) in [5.41, 5.74) is -0.129. The largest absolute Gasteiger partial charge is 0.354 e. The first-order chi connectivity index (χ1) is 9.38. The van der Waals surface area contributed by atoms with Gasteiger partial charge in [-0.05, 0) is 26.0 Å². The minimum Gasteiger partial charge on any atom is -0.354 e. The van der Waals surface area contributed by atoms with Gasteiger partial charge >= 0.3 is 6.03 Å². The van der Waals surface area contributed by atoms with Crippen LogP contribution in [0.5, 0.6) is 0 Å². The zero-order valence-electron chi connectivity index (χ0n) is 11.3. The number of carbonyl (C=O) groups is 2. The first-order valence-corrected chi connectivity index (χ1v) is 6.17. The van der Waals surface area contributed by atoms with Crippen molar-refractivity contribution >= 4 is 17.6 Å². The summed E-state index contributed by atoms with van der Waals surface area (Å²) in [6, 6.07) is 2.20. The van der Waals surface area contributed by atoms with E-state index in [1.165, 1.54) is 0 Å². The maximum atomic E-state index is 13.3. The number of anilines is 1. The highest BCUT2D eigenvalue weighted by Crippen LogP contribution is 2.14. The fourth-order valence-electron chi connectivity index (χ4n) is 1.44. The Hall–Kier alpha value is -2.18. The monoisotopic (exact) mass is 285 g/mol. The Morgan fingerprint density at radius 2 is 1.95 bits per heavy atom. The van der Waals surface area contributed by atoms with Crippen LogP contribution in [0, 0.1) is 11.6 Å². The summed E-state index contributed by atoms with van der Waals surface area (Å²) in [4.78, 5) is 22.7. The number of urea groups is 1. The van der Waals surface area contributed by atoms with E-state index in [4.69, 9.17) is 0 Å². The van der Waals surface area contributed by atoms with E-state index in [9.17, 15) is 18.4 Å². The molecule has 1 aromatic rings. The van der Waals surface area contributed by atoms with Gasteiger partial charge in [-0.2, -0.15) is 0 Å². The second-order valence-corrected chi connectivity index (χ2v) is 4.48. The van der Waals surface area contributed by atoms with Crippen LogP contribution < -0.4 is 16.0 Å². The number of amides is 3. The van der Waals surface area contributed by atoms with Gasteiger partial charge in [0.15, 0.2) is 0 Å². The van der Waals surface area contributed by atoms with Crippen molar-refractivity contribution in [3.63, 3.8) is 0 Å². The lowest BCUT2D eigenvalue weighted by atomic mass is 10.3. The highest BCUT2D eigenvalue weighted by molar-refractivity contribution is 5.89. The maximum Gasteiger partial charge on any atom is 0.319 e. The topological polar surface area (TPSA) is 70.2 Å². The molecule has 20 heavy (non-hydrogen) atoms. The third-order valence-corrected chi connectivity index (χ3v) is 2.27. The van der Waals surface area contributed by atoms with Crippen LogP contribution in [-0.4, -0.2) is 24.5 Å². The Labute approximate surface area is 115 Å². The van der Waals surface area contributed by atoms with Gasteiger partial charge in [0.1, 0.15) is 11.6 Å². The predicted molar refractivity (Wildman–Crippen MR) is 71.3 cm³/mol. The van der Waals surface area contributed by atoms with Gasteiger partial charge in [-0.1, -0.05) is 0 Å². The predicted octanol–water partition coefficient (Wildman–Crippen LogP) is 2.00. The molecule has 1 rings (SSSR count). The van der Waals surface area contributed by atoms with Crippen LogP contribution in [0.1, 0.15) is 20.3 Å². The second-order valence-electron chi connectivity index (χ2n) is 4.48. The molecule has 0 atom stereocenters. The molecule has 0 heterocycles. The van der Waals surface area contributed by atoms with Crippen molar-refractivity contribution in [2.75, 3.05) is 11.9 Å². The summed E-state index contributed by atoms with van der Waals surface area (Å²) in [5.74, 6) is -1.77. The van der Waals surface area contributed by atoms with Crippen LogP contribution in [0.25, 0.3) is 0 Å². The molecular weight excluding hydrogens is 268 g/mol. The zero-order chi connectivity index (χ0) is 15.1. The third kappa shape index (κ3) is 5.64. The standard InChI is InChI=1S/C13H17F2N3O2/c1-8(2)17-12(19)5-6-16-13(20)18-11-4-3-9(14)7-10(11)15/h3-4,7-8H,5-6H2,1-2H3,(H,17,19)(H2,16,18,20). The van der Waals surface area contributed by atoms with Crippen LogP contribution in [0.4, 0.5) is 19.3 Å². The summed E-state index contributed by atoms with van der Waals surface area (Å²) in [5, 5.41) is 7.30. The van der Waals surface area contributed by atoms with Gasteiger partial charge in [0, 0.05) is 25.1 Å². The van der Waals surface area contributed by atoms with Crippen molar-refractivity contribution in [2.45, 2.75) is 26.3 Å². The molecule has 0 saturated heterocycles. The quantitative estimate of drug-likeness (QED) is 0.774. The van der Waals surface area contributed by atoms with Gasteiger partial charge < -0.3 is 16.0 Å². The van der Waals surface area contributed by atoms with Gasteiger partial charge in [-0.25, -0.2) is 13.6 Å². The van der Waals surface area contributed by atoms with Gasteiger partial charge in [0.05, 0.1) is 5.69 Å². The van der Waals surface area contributed by atoms with Gasteiger partial charge in [0.2, 0.25) is 5.91 Å². The second kappa shape index (κ2) is 7.42. The number of carbonyl (C=O) groups excluding carboxylic acids is 2. The molecule has 0 spiro atoms. The van der Waals surface area contributed by atoms with E-state index >= 15 is 0 Å². The molecule has 0 aliphatic heterocycles. The molecule has 110 valence electrons. The van der Waals surface area contributed by atoms with E-state index in [1.54, 1.807) is 0 Å². The molecule has 7 heteroatoms. The lowest BCUT2D eigenvalue weighted by Gasteiger charge is -2.10. The Morgan fingerprint density at radius 1 is 1.25 bits per heavy atom. The number of hydrogen-bond donors (Lipinski definition) is 3. The molecule has 0 aliphatic rings. The van der Waals surface area contributed by atoms with E-state index in [0.29, 0.717) is 6.07 Å². The Balaban J connectivity index is 2.35.